The maximum absolute atomic E-state index is 9.48. The summed E-state index contributed by atoms with van der Waals surface area (Å²) in [5, 5.41) is 21.8. The molecule has 0 heterocycles. The van der Waals surface area contributed by atoms with Gasteiger partial charge in [0.15, 0.2) is 0 Å². The molecule has 1 unspecified atom stereocenters. The lowest BCUT2D eigenvalue weighted by atomic mass is 9.48. The molecule has 3 N–H and O–H groups in total. The van der Waals surface area contributed by atoms with Gasteiger partial charge in [-0.25, -0.2) is 0 Å². The lowest BCUT2D eigenvalue weighted by Gasteiger charge is -2.59. The molecule has 4 fully saturated rings. The van der Waals surface area contributed by atoms with Crippen LogP contribution in [0.1, 0.15) is 45.4 Å². The third-order valence-corrected chi connectivity index (χ3v) is 5.87. The van der Waals surface area contributed by atoms with Crippen molar-refractivity contribution in [1.82, 2.24) is 5.32 Å². The minimum Gasteiger partial charge on any atom is -0.394 e. The molecule has 2 atom stereocenters. The molecule has 4 aliphatic rings. The summed E-state index contributed by atoms with van der Waals surface area (Å²) in [6.07, 6.45) is 8.00. The van der Waals surface area contributed by atoms with E-state index in [0.717, 1.165) is 17.8 Å². The van der Waals surface area contributed by atoms with Crippen LogP contribution < -0.4 is 5.32 Å². The van der Waals surface area contributed by atoms with Gasteiger partial charge in [0.05, 0.1) is 12.7 Å². The first-order valence-corrected chi connectivity index (χ1v) is 7.63. The van der Waals surface area contributed by atoms with Crippen LogP contribution in [0.4, 0.5) is 0 Å². The molecular weight excluding hydrogens is 226 g/mol. The van der Waals surface area contributed by atoms with E-state index in [1.54, 1.807) is 0 Å². The molecule has 4 saturated carbocycles. The van der Waals surface area contributed by atoms with Gasteiger partial charge < -0.3 is 15.5 Å². The zero-order valence-corrected chi connectivity index (χ0v) is 11.4. The van der Waals surface area contributed by atoms with Crippen molar-refractivity contribution in [3.63, 3.8) is 0 Å². The summed E-state index contributed by atoms with van der Waals surface area (Å²) in [6, 6.07) is 0.479. The van der Waals surface area contributed by atoms with Gasteiger partial charge >= 0.3 is 0 Å². The molecular formula is C15H27NO2. The number of aliphatic hydroxyl groups is 2. The Balaban J connectivity index is 1.63. The lowest BCUT2D eigenvalue weighted by Crippen LogP contribution is -2.55. The summed E-state index contributed by atoms with van der Waals surface area (Å²) in [5.41, 5.74) is 0.490. The normalized spacial score (nSPS) is 45.2. The molecule has 0 spiro atoms. The molecule has 104 valence electrons. The Morgan fingerprint density at radius 3 is 2.06 bits per heavy atom. The standard InChI is InChI=1S/C15H27NO2/c1-10(16-8-14(18)9-17)15-5-11-2-12(6-15)4-13(3-11)7-15/h10-14,16-18H,2-9H2,1H3/t10?,11?,12?,13?,14-,15?/m1/s1. The fraction of sp³-hybridized carbons (Fsp3) is 1.00. The molecule has 4 rings (SSSR count). The van der Waals surface area contributed by atoms with Crippen molar-refractivity contribution in [3.05, 3.63) is 0 Å². The summed E-state index contributed by atoms with van der Waals surface area (Å²) in [4.78, 5) is 0. The number of nitrogens with one attached hydrogen (secondary N) is 1. The monoisotopic (exact) mass is 253 g/mol. The smallest absolute Gasteiger partial charge is 0.0895 e. The minimum atomic E-state index is -0.610. The first kappa shape index (κ1) is 12.9. The van der Waals surface area contributed by atoms with Gasteiger partial charge in [0.25, 0.3) is 0 Å². The number of rotatable bonds is 5. The number of hydrogen-bond donors (Lipinski definition) is 3. The molecule has 0 amide bonds. The fourth-order valence-electron chi connectivity index (χ4n) is 5.30. The van der Waals surface area contributed by atoms with E-state index in [0.29, 0.717) is 18.0 Å². The predicted octanol–water partition coefficient (Wildman–Crippen LogP) is 1.53. The summed E-state index contributed by atoms with van der Waals surface area (Å²) >= 11 is 0. The second-order valence-electron chi connectivity index (χ2n) is 7.25. The van der Waals surface area contributed by atoms with Crippen molar-refractivity contribution < 1.29 is 10.2 Å². The van der Waals surface area contributed by atoms with E-state index >= 15 is 0 Å². The highest BCUT2D eigenvalue weighted by molar-refractivity contribution is 5.05. The second kappa shape index (κ2) is 4.77. The third kappa shape index (κ3) is 2.21. The van der Waals surface area contributed by atoms with E-state index in [-0.39, 0.29) is 6.61 Å². The van der Waals surface area contributed by atoms with E-state index < -0.39 is 6.10 Å². The van der Waals surface area contributed by atoms with E-state index in [9.17, 15) is 5.11 Å². The Hall–Kier alpha value is -0.120. The highest BCUT2D eigenvalue weighted by Crippen LogP contribution is 2.61. The molecule has 0 radical (unpaired) electrons. The van der Waals surface area contributed by atoms with Crippen LogP contribution in [-0.4, -0.2) is 35.5 Å². The SMILES string of the molecule is CC(NC[C@@H](O)CO)C12CC3CC(CC(C3)C1)C2. The van der Waals surface area contributed by atoms with Crippen LogP contribution in [0, 0.1) is 23.2 Å². The quantitative estimate of drug-likeness (QED) is 0.696. The average molecular weight is 253 g/mol. The first-order chi connectivity index (χ1) is 8.61. The molecule has 0 saturated heterocycles. The molecule has 0 aromatic rings. The Morgan fingerprint density at radius 2 is 1.61 bits per heavy atom. The van der Waals surface area contributed by atoms with Crippen LogP contribution in [0.3, 0.4) is 0 Å². The van der Waals surface area contributed by atoms with Crippen LogP contribution in [0.2, 0.25) is 0 Å². The zero-order valence-electron chi connectivity index (χ0n) is 11.4. The average Bonchev–Trinajstić information content (AvgIpc) is 2.33. The Bertz CT molecular complexity index is 270. The van der Waals surface area contributed by atoms with Crippen molar-refractivity contribution in [2.75, 3.05) is 13.2 Å². The van der Waals surface area contributed by atoms with Gasteiger partial charge in [-0.05, 0) is 68.6 Å². The maximum Gasteiger partial charge on any atom is 0.0895 e. The Labute approximate surface area is 110 Å². The van der Waals surface area contributed by atoms with Gasteiger partial charge in [0.1, 0.15) is 0 Å². The molecule has 0 aliphatic heterocycles. The van der Waals surface area contributed by atoms with Gasteiger partial charge in [-0.1, -0.05) is 0 Å². The van der Waals surface area contributed by atoms with Gasteiger partial charge in [0.2, 0.25) is 0 Å². The van der Waals surface area contributed by atoms with Crippen LogP contribution in [-0.2, 0) is 0 Å². The second-order valence-corrected chi connectivity index (χ2v) is 7.25. The summed E-state index contributed by atoms with van der Waals surface area (Å²) < 4.78 is 0. The van der Waals surface area contributed by atoms with Gasteiger partial charge in [-0.3, -0.25) is 0 Å². The van der Waals surface area contributed by atoms with Crippen molar-refractivity contribution in [2.24, 2.45) is 23.2 Å². The largest absolute Gasteiger partial charge is 0.394 e. The predicted molar refractivity (Wildman–Crippen MR) is 71.2 cm³/mol. The van der Waals surface area contributed by atoms with Crippen LogP contribution >= 0.6 is 0 Å². The van der Waals surface area contributed by atoms with Crippen LogP contribution in [0.15, 0.2) is 0 Å². The summed E-state index contributed by atoms with van der Waals surface area (Å²) in [6.45, 7) is 2.68. The van der Waals surface area contributed by atoms with Gasteiger partial charge in [-0.15, -0.1) is 0 Å². The number of hydrogen-bond acceptors (Lipinski definition) is 3. The molecule has 4 bridgehead atoms. The third-order valence-electron chi connectivity index (χ3n) is 5.87. The van der Waals surface area contributed by atoms with Crippen molar-refractivity contribution in [2.45, 2.75) is 57.6 Å². The van der Waals surface area contributed by atoms with Crippen molar-refractivity contribution >= 4 is 0 Å². The van der Waals surface area contributed by atoms with E-state index in [2.05, 4.69) is 12.2 Å². The van der Waals surface area contributed by atoms with E-state index in [1.807, 2.05) is 0 Å². The number of aliphatic hydroxyl groups excluding tert-OH is 2. The maximum atomic E-state index is 9.48. The minimum absolute atomic E-state index is 0.138. The van der Waals surface area contributed by atoms with Crippen LogP contribution in [0.5, 0.6) is 0 Å². The first-order valence-electron chi connectivity index (χ1n) is 7.63. The highest BCUT2D eigenvalue weighted by Gasteiger charge is 2.52. The molecule has 0 aromatic heterocycles. The Morgan fingerprint density at radius 1 is 1.11 bits per heavy atom. The van der Waals surface area contributed by atoms with E-state index in [1.165, 1.54) is 38.5 Å². The molecule has 0 aromatic carbocycles. The highest BCUT2D eigenvalue weighted by atomic mass is 16.3. The fourth-order valence-corrected chi connectivity index (χ4v) is 5.30. The van der Waals surface area contributed by atoms with Crippen molar-refractivity contribution in [1.29, 1.82) is 0 Å². The van der Waals surface area contributed by atoms with Gasteiger partial charge in [-0.2, -0.15) is 0 Å². The van der Waals surface area contributed by atoms with Gasteiger partial charge in [0, 0.05) is 12.6 Å². The summed E-state index contributed by atoms with van der Waals surface area (Å²) in [7, 11) is 0. The zero-order chi connectivity index (χ0) is 12.8. The van der Waals surface area contributed by atoms with Crippen molar-refractivity contribution in [3.8, 4) is 0 Å². The van der Waals surface area contributed by atoms with E-state index in [4.69, 9.17) is 5.11 Å². The lowest BCUT2D eigenvalue weighted by molar-refractivity contribution is -0.0720. The molecule has 3 nitrogen and oxygen atoms in total. The topological polar surface area (TPSA) is 52.5 Å². The van der Waals surface area contributed by atoms with Crippen LogP contribution in [0.25, 0.3) is 0 Å². The Kier molecular flexibility index (Phi) is 3.41. The molecule has 4 aliphatic carbocycles. The molecule has 18 heavy (non-hydrogen) atoms. The molecule has 3 heteroatoms. The summed E-state index contributed by atoms with van der Waals surface area (Å²) in [5.74, 6) is 2.93.